The number of benzene rings is 1. The molecule has 0 bridgehead atoms. The van der Waals surface area contributed by atoms with Crippen molar-refractivity contribution in [1.82, 2.24) is 0 Å². The molecule has 1 amide bonds. The second kappa shape index (κ2) is 4.94. The molecular weight excluding hydrogens is 240 g/mol. The molecule has 2 rings (SSSR count). The Kier molecular flexibility index (Phi) is 3.54. The second-order valence-corrected chi connectivity index (χ2v) is 4.75. The van der Waals surface area contributed by atoms with Crippen molar-refractivity contribution in [2.24, 2.45) is 5.73 Å². The number of rotatable bonds is 2. The van der Waals surface area contributed by atoms with E-state index in [2.05, 4.69) is 5.32 Å². The molecule has 1 saturated carbocycles. The van der Waals surface area contributed by atoms with Gasteiger partial charge in [0.15, 0.2) is 0 Å². The summed E-state index contributed by atoms with van der Waals surface area (Å²) in [4.78, 5) is 11.5. The van der Waals surface area contributed by atoms with Crippen molar-refractivity contribution in [3.63, 3.8) is 0 Å². The Morgan fingerprint density at radius 1 is 1.53 bits per heavy atom. The topological polar surface area (TPSA) is 64.3 Å². The highest BCUT2D eigenvalue weighted by Crippen LogP contribution is 2.23. The number of amides is 1. The first-order chi connectivity index (χ1) is 8.04. The van der Waals surface area contributed by atoms with Gasteiger partial charge in [-0.15, -0.1) is 0 Å². The van der Waals surface area contributed by atoms with Gasteiger partial charge in [0, 0.05) is 16.8 Å². The molecule has 1 aromatic carbocycles. The van der Waals surface area contributed by atoms with E-state index in [0.29, 0.717) is 10.7 Å². The summed E-state index contributed by atoms with van der Waals surface area (Å²) in [7, 11) is 0. The Bertz CT molecular complexity index is 431. The number of nitrogens with one attached hydrogen (secondary N) is 1. The van der Waals surface area contributed by atoms with Crippen molar-refractivity contribution in [3.8, 4) is 0 Å². The maximum atomic E-state index is 11.5. The van der Waals surface area contributed by atoms with Crippen LogP contribution in [-0.4, -0.2) is 18.2 Å². The molecule has 5 heteroatoms. The molecule has 0 atom stereocenters. The minimum absolute atomic E-state index is 0.0501. The maximum Gasteiger partial charge on any atom is 0.411 e. The van der Waals surface area contributed by atoms with Gasteiger partial charge in [-0.1, -0.05) is 17.7 Å². The molecule has 0 spiro atoms. The molecular formula is C12H15ClN2O2. The number of anilines is 1. The highest BCUT2D eigenvalue weighted by molar-refractivity contribution is 6.31. The molecule has 92 valence electrons. The zero-order valence-corrected chi connectivity index (χ0v) is 10.3. The smallest absolute Gasteiger partial charge is 0.411 e. The third-order valence-corrected chi connectivity index (χ3v) is 3.23. The van der Waals surface area contributed by atoms with Gasteiger partial charge in [0.25, 0.3) is 0 Å². The average molecular weight is 255 g/mol. The number of halogens is 1. The lowest BCUT2D eigenvalue weighted by Crippen LogP contribution is -2.43. The molecule has 1 aromatic rings. The van der Waals surface area contributed by atoms with Crippen molar-refractivity contribution >= 4 is 23.4 Å². The van der Waals surface area contributed by atoms with Gasteiger partial charge in [-0.05, 0) is 37.5 Å². The zero-order chi connectivity index (χ0) is 12.4. The van der Waals surface area contributed by atoms with E-state index in [1.165, 1.54) is 0 Å². The van der Waals surface area contributed by atoms with Crippen LogP contribution >= 0.6 is 11.6 Å². The summed E-state index contributed by atoms with van der Waals surface area (Å²) < 4.78 is 5.16. The lowest BCUT2D eigenvalue weighted by atomic mass is 9.90. The molecule has 0 aromatic heterocycles. The van der Waals surface area contributed by atoms with E-state index in [1.54, 1.807) is 12.1 Å². The lowest BCUT2D eigenvalue weighted by Gasteiger charge is -2.31. The normalized spacial score (nSPS) is 22.8. The molecule has 17 heavy (non-hydrogen) atoms. The third-order valence-electron chi connectivity index (χ3n) is 2.82. The first kappa shape index (κ1) is 12.2. The molecule has 4 nitrogen and oxygen atoms in total. The quantitative estimate of drug-likeness (QED) is 0.853. The highest BCUT2D eigenvalue weighted by Gasteiger charge is 2.29. The minimum Gasteiger partial charge on any atom is -0.446 e. The molecule has 0 unspecified atom stereocenters. The average Bonchev–Trinajstić information content (AvgIpc) is 2.21. The van der Waals surface area contributed by atoms with Crippen LogP contribution in [0.4, 0.5) is 10.5 Å². The second-order valence-electron chi connectivity index (χ2n) is 4.35. The summed E-state index contributed by atoms with van der Waals surface area (Å²) in [5.41, 5.74) is 7.21. The van der Waals surface area contributed by atoms with Crippen LogP contribution in [0.2, 0.25) is 5.02 Å². The monoisotopic (exact) mass is 254 g/mol. The summed E-state index contributed by atoms with van der Waals surface area (Å²) >= 11 is 5.95. The number of ether oxygens (including phenoxy) is 1. The standard InChI is InChI=1S/C12H15ClN2O2/c1-7-2-3-9(6-11(7)13)15-12(16)17-10-4-8(14)5-10/h2-3,6,8,10H,4-5,14H2,1H3,(H,15,16). The van der Waals surface area contributed by atoms with E-state index in [0.717, 1.165) is 18.4 Å². The molecule has 0 heterocycles. The van der Waals surface area contributed by atoms with Crippen LogP contribution in [0.3, 0.4) is 0 Å². The van der Waals surface area contributed by atoms with Gasteiger partial charge in [-0.2, -0.15) is 0 Å². The third kappa shape index (κ3) is 3.11. The van der Waals surface area contributed by atoms with Crippen molar-refractivity contribution in [2.75, 3.05) is 5.32 Å². The van der Waals surface area contributed by atoms with Crippen molar-refractivity contribution < 1.29 is 9.53 Å². The van der Waals surface area contributed by atoms with Crippen LogP contribution in [0.15, 0.2) is 18.2 Å². The summed E-state index contributed by atoms with van der Waals surface area (Å²) in [6, 6.07) is 5.50. The minimum atomic E-state index is -0.457. The SMILES string of the molecule is Cc1ccc(NC(=O)OC2CC(N)C2)cc1Cl. The fourth-order valence-electron chi connectivity index (χ4n) is 1.67. The molecule has 0 saturated heterocycles. The number of hydrogen-bond acceptors (Lipinski definition) is 3. The van der Waals surface area contributed by atoms with E-state index in [-0.39, 0.29) is 12.1 Å². The summed E-state index contributed by atoms with van der Waals surface area (Å²) in [6.07, 6.45) is 0.970. The first-order valence-electron chi connectivity index (χ1n) is 5.54. The van der Waals surface area contributed by atoms with Gasteiger partial charge in [0.1, 0.15) is 6.10 Å². The molecule has 1 fully saturated rings. The van der Waals surface area contributed by atoms with E-state index in [4.69, 9.17) is 22.1 Å². The van der Waals surface area contributed by atoms with Crippen LogP contribution in [0.1, 0.15) is 18.4 Å². The zero-order valence-electron chi connectivity index (χ0n) is 9.57. The van der Waals surface area contributed by atoms with E-state index in [1.807, 2.05) is 13.0 Å². The fourth-order valence-corrected chi connectivity index (χ4v) is 1.85. The maximum absolute atomic E-state index is 11.5. The Morgan fingerprint density at radius 2 is 2.24 bits per heavy atom. The van der Waals surface area contributed by atoms with Gasteiger partial charge in [0.05, 0.1) is 0 Å². The molecule has 1 aliphatic rings. The van der Waals surface area contributed by atoms with Crippen molar-refractivity contribution in [3.05, 3.63) is 28.8 Å². The Hall–Kier alpha value is -1.26. The number of aryl methyl sites for hydroxylation is 1. The van der Waals surface area contributed by atoms with Crippen LogP contribution in [0, 0.1) is 6.92 Å². The molecule has 0 aliphatic heterocycles. The van der Waals surface area contributed by atoms with Crippen LogP contribution < -0.4 is 11.1 Å². The van der Waals surface area contributed by atoms with Crippen LogP contribution in [0.5, 0.6) is 0 Å². The van der Waals surface area contributed by atoms with Gasteiger partial charge in [0.2, 0.25) is 0 Å². The van der Waals surface area contributed by atoms with Gasteiger partial charge >= 0.3 is 6.09 Å². The predicted molar refractivity (Wildman–Crippen MR) is 67.3 cm³/mol. The summed E-state index contributed by atoms with van der Waals surface area (Å²) in [6.45, 7) is 1.90. The lowest BCUT2D eigenvalue weighted by molar-refractivity contribution is 0.0503. The van der Waals surface area contributed by atoms with E-state index < -0.39 is 6.09 Å². The molecule has 3 N–H and O–H groups in total. The Labute approximate surface area is 105 Å². The van der Waals surface area contributed by atoms with Gasteiger partial charge < -0.3 is 10.5 Å². The largest absolute Gasteiger partial charge is 0.446 e. The van der Waals surface area contributed by atoms with Crippen LogP contribution in [0.25, 0.3) is 0 Å². The highest BCUT2D eigenvalue weighted by atomic mass is 35.5. The van der Waals surface area contributed by atoms with Gasteiger partial charge in [-0.3, -0.25) is 5.32 Å². The molecule has 0 radical (unpaired) electrons. The van der Waals surface area contributed by atoms with Crippen molar-refractivity contribution in [1.29, 1.82) is 0 Å². The van der Waals surface area contributed by atoms with Gasteiger partial charge in [-0.25, -0.2) is 4.79 Å². The van der Waals surface area contributed by atoms with E-state index >= 15 is 0 Å². The Morgan fingerprint density at radius 3 is 2.82 bits per heavy atom. The molecule has 1 aliphatic carbocycles. The fraction of sp³-hybridized carbons (Fsp3) is 0.417. The van der Waals surface area contributed by atoms with E-state index in [9.17, 15) is 4.79 Å². The number of carbonyl (C=O) groups excluding carboxylic acids is 1. The summed E-state index contributed by atoms with van der Waals surface area (Å²) in [5, 5.41) is 3.26. The predicted octanol–water partition coefficient (Wildman–Crippen LogP) is 2.69. The van der Waals surface area contributed by atoms with Crippen molar-refractivity contribution in [2.45, 2.75) is 31.9 Å². The first-order valence-corrected chi connectivity index (χ1v) is 5.92. The summed E-state index contributed by atoms with van der Waals surface area (Å²) in [5.74, 6) is 0. The van der Waals surface area contributed by atoms with Crippen LogP contribution in [-0.2, 0) is 4.74 Å². The number of hydrogen-bond donors (Lipinski definition) is 2. The Balaban J connectivity index is 1.87. The number of carbonyl (C=O) groups is 1. The number of nitrogens with two attached hydrogens (primary N) is 1.